The molecule has 1 aliphatic heterocycles. The molecule has 116 valence electrons. The second kappa shape index (κ2) is 5.62. The molecular formula is C16H14ClN5O. The zero-order chi connectivity index (χ0) is 15.8. The van der Waals surface area contributed by atoms with Gasteiger partial charge in [-0.2, -0.15) is 4.52 Å². The second-order valence-electron chi connectivity index (χ2n) is 5.69. The van der Waals surface area contributed by atoms with Gasteiger partial charge in [-0.15, -0.1) is 5.10 Å². The summed E-state index contributed by atoms with van der Waals surface area (Å²) in [5, 5.41) is 12.0. The van der Waals surface area contributed by atoms with Crippen molar-refractivity contribution >= 4 is 23.2 Å². The lowest BCUT2D eigenvalue weighted by atomic mass is 9.99. The van der Waals surface area contributed by atoms with Gasteiger partial charge in [0.2, 0.25) is 0 Å². The Morgan fingerprint density at radius 3 is 3.04 bits per heavy atom. The minimum Gasteiger partial charge on any atom is -0.338 e. The topological polar surface area (TPSA) is 63.4 Å². The number of halogens is 1. The maximum absolute atomic E-state index is 12.7. The van der Waals surface area contributed by atoms with E-state index in [1.54, 1.807) is 18.3 Å². The predicted molar refractivity (Wildman–Crippen MR) is 85.5 cm³/mol. The Hall–Kier alpha value is -2.47. The van der Waals surface area contributed by atoms with Crippen molar-refractivity contribution in [2.45, 2.75) is 12.3 Å². The molecule has 1 aromatic carbocycles. The van der Waals surface area contributed by atoms with Crippen molar-refractivity contribution in [3.8, 4) is 0 Å². The Balaban J connectivity index is 1.53. The maximum atomic E-state index is 12.7. The number of likely N-dealkylation sites (tertiary alicyclic amines) is 1. The molecule has 1 amide bonds. The number of amides is 1. The molecule has 0 aliphatic carbocycles. The van der Waals surface area contributed by atoms with E-state index >= 15 is 0 Å². The van der Waals surface area contributed by atoms with Gasteiger partial charge in [-0.05, 0) is 46.7 Å². The van der Waals surface area contributed by atoms with Gasteiger partial charge < -0.3 is 4.90 Å². The highest BCUT2D eigenvalue weighted by molar-refractivity contribution is 6.30. The van der Waals surface area contributed by atoms with Crippen LogP contribution in [0.3, 0.4) is 0 Å². The molecule has 1 atom stereocenters. The number of fused-ring (bicyclic) bond motifs is 1. The minimum absolute atomic E-state index is 0.00641. The lowest BCUT2D eigenvalue weighted by molar-refractivity contribution is 0.0790. The molecule has 23 heavy (non-hydrogen) atoms. The number of tetrazole rings is 1. The summed E-state index contributed by atoms with van der Waals surface area (Å²) in [5.41, 5.74) is 2.40. The molecule has 0 spiro atoms. The number of benzene rings is 1. The minimum atomic E-state index is 0.00641. The smallest absolute Gasteiger partial charge is 0.255 e. The number of carbonyl (C=O) groups excluding carboxylic acids is 1. The highest BCUT2D eigenvalue weighted by atomic mass is 35.5. The van der Waals surface area contributed by atoms with Gasteiger partial charge in [-0.25, -0.2) is 0 Å². The van der Waals surface area contributed by atoms with Gasteiger partial charge in [-0.3, -0.25) is 4.79 Å². The van der Waals surface area contributed by atoms with Crippen molar-refractivity contribution in [3.05, 3.63) is 58.7 Å². The van der Waals surface area contributed by atoms with Gasteiger partial charge in [0.05, 0.1) is 5.56 Å². The molecule has 7 heteroatoms. The van der Waals surface area contributed by atoms with Crippen LogP contribution in [0.5, 0.6) is 0 Å². The zero-order valence-corrected chi connectivity index (χ0v) is 13.0. The summed E-state index contributed by atoms with van der Waals surface area (Å²) in [4.78, 5) is 14.5. The number of hydrogen-bond donors (Lipinski definition) is 0. The number of hydrogen-bond acceptors (Lipinski definition) is 4. The molecule has 0 saturated carbocycles. The summed E-state index contributed by atoms with van der Waals surface area (Å²) in [7, 11) is 0. The molecule has 0 bridgehead atoms. The molecule has 0 N–H and O–H groups in total. The molecule has 2 aromatic heterocycles. The second-order valence-corrected chi connectivity index (χ2v) is 6.13. The van der Waals surface area contributed by atoms with E-state index in [4.69, 9.17) is 11.6 Å². The van der Waals surface area contributed by atoms with Gasteiger partial charge >= 0.3 is 0 Å². The summed E-state index contributed by atoms with van der Waals surface area (Å²) in [6.45, 7) is 1.44. The van der Waals surface area contributed by atoms with Crippen LogP contribution in [-0.2, 0) is 0 Å². The Labute approximate surface area is 137 Å². The Kier molecular flexibility index (Phi) is 3.46. The predicted octanol–water partition coefficient (Wildman–Crippen LogP) is 2.41. The first-order valence-corrected chi connectivity index (χ1v) is 7.81. The highest BCUT2D eigenvalue weighted by Crippen LogP contribution is 2.29. The van der Waals surface area contributed by atoms with Crippen molar-refractivity contribution in [1.82, 2.24) is 24.9 Å². The molecule has 1 aliphatic rings. The molecule has 1 saturated heterocycles. The van der Waals surface area contributed by atoms with Crippen LogP contribution in [0.25, 0.3) is 5.65 Å². The average molecular weight is 328 g/mol. The maximum Gasteiger partial charge on any atom is 0.255 e. The first-order chi connectivity index (χ1) is 11.2. The van der Waals surface area contributed by atoms with E-state index in [0.717, 1.165) is 18.0 Å². The first-order valence-electron chi connectivity index (χ1n) is 7.43. The number of aromatic nitrogens is 4. The quantitative estimate of drug-likeness (QED) is 0.725. The third-order valence-corrected chi connectivity index (χ3v) is 4.47. The molecule has 6 nitrogen and oxygen atoms in total. The van der Waals surface area contributed by atoms with E-state index in [1.807, 2.05) is 23.1 Å². The SMILES string of the molecule is O=C(c1ccc2nnnn2c1)N1CCC(c2cccc(Cl)c2)C1. The van der Waals surface area contributed by atoms with Crippen molar-refractivity contribution in [2.24, 2.45) is 0 Å². The van der Waals surface area contributed by atoms with E-state index in [2.05, 4.69) is 21.6 Å². The van der Waals surface area contributed by atoms with Crippen molar-refractivity contribution in [1.29, 1.82) is 0 Å². The van der Waals surface area contributed by atoms with Crippen molar-refractivity contribution < 1.29 is 4.79 Å². The lowest BCUT2D eigenvalue weighted by Gasteiger charge is -2.17. The molecule has 1 fully saturated rings. The summed E-state index contributed by atoms with van der Waals surface area (Å²) in [5.74, 6) is 0.335. The van der Waals surface area contributed by atoms with Gasteiger partial charge in [0.25, 0.3) is 5.91 Å². The molecule has 4 rings (SSSR count). The van der Waals surface area contributed by atoms with Crippen LogP contribution in [-0.4, -0.2) is 43.9 Å². The summed E-state index contributed by atoms with van der Waals surface area (Å²) < 4.78 is 1.51. The lowest BCUT2D eigenvalue weighted by Crippen LogP contribution is -2.28. The Morgan fingerprint density at radius 1 is 1.26 bits per heavy atom. The Morgan fingerprint density at radius 2 is 2.17 bits per heavy atom. The van der Waals surface area contributed by atoms with E-state index < -0.39 is 0 Å². The summed E-state index contributed by atoms with van der Waals surface area (Å²) in [6.07, 6.45) is 2.61. The van der Waals surface area contributed by atoms with Gasteiger partial charge in [0, 0.05) is 30.2 Å². The highest BCUT2D eigenvalue weighted by Gasteiger charge is 2.28. The van der Waals surface area contributed by atoms with E-state index in [0.29, 0.717) is 23.7 Å². The van der Waals surface area contributed by atoms with Crippen molar-refractivity contribution in [2.75, 3.05) is 13.1 Å². The van der Waals surface area contributed by atoms with Crippen LogP contribution in [0.4, 0.5) is 0 Å². The van der Waals surface area contributed by atoms with Gasteiger partial charge in [-0.1, -0.05) is 23.7 Å². The van der Waals surface area contributed by atoms with Crippen LogP contribution in [0, 0.1) is 0 Å². The third kappa shape index (κ3) is 2.66. The average Bonchev–Trinajstić information content (AvgIpc) is 3.22. The Bertz CT molecular complexity index is 878. The zero-order valence-electron chi connectivity index (χ0n) is 12.3. The van der Waals surface area contributed by atoms with Crippen LogP contribution in [0.1, 0.15) is 28.3 Å². The fourth-order valence-electron chi connectivity index (χ4n) is 3.03. The first kappa shape index (κ1) is 14.1. The van der Waals surface area contributed by atoms with Crippen molar-refractivity contribution in [3.63, 3.8) is 0 Å². The largest absolute Gasteiger partial charge is 0.338 e. The van der Waals surface area contributed by atoms with Crippen LogP contribution in [0.2, 0.25) is 5.02 Å². The standard InChI is InChI=1S/C16H14ClN5O/c17-14-3-1-2-11(8-14)12-6-7-21(9-12)16(23)13-4-5-15-18-19-20-22(15)10-13/h1-5,8,10,12H,6-7,9H2. The third-order valence-electron chi connectivity index (χ3n) is 4.23. The number of pyridine rings is 1. The molecular weight excluding hydrogens is 314 g/mol. The summed E-state index contributed by atoms with van der Waals surface area (Å²) >= 11 is 6.06. The van der Waals surface area contributed by atoms with E-state index in [9.17, 15) is 4.79 Å². The number of rotatable bonds is 2. The summed E-state index contributed by atoms with van der Waals surface area (Å²) in [6, 6.07) is 11.4. The van der Waals surface area contributed by atoms with Gasteiger partial charge in [0.1, 0.15) is 0 Å². The fraction of sp³-hybridized carbons (Fsp3) is 0.250. The van der Waals surface area contributed by atoms with E-state index in [1.165, 1.54) is 10.1 Å². The molecule has 0 radical (unpaired) electrons. The molecule has 3 aromatic rings. The van der Waals surface area contributed by atoms with E-state index in [-0.39, 0.29) is 5.91 Å². The number of carbonyl (C=O) groups is 1. The molecule has 3 heterocycles. The normalized spacial score (nSPS) is 17.8. The molecule has 1 unspecified atom stereocenters. The number of nitrogens with zero attached hydrogens (tertiary/aromatic N) is 5. The monoisotopic (exact) mass is 327 g/mol. The van der Waals surface area contributed by atoms with Gasteiger partial charge in [0.15, 0.2) is 5.65 Å². The van der Waals surface area contributed by atoms with Crippen LogP contribution < -0.4 is 0 Å². The fourth-order valence-corrected chi connectivity index (χ4v) is 3.23. The van der Waals surface area contributed by atoms with Crippen LogP contribution in [0.15, 0.2) is 42.6 Å². The van der Waals surface area contributed by atoms with Crippen LogP contribution >= 0.6 is 11.6 Å².